The molecule has 3 heteroatoms. The van der Waals surface area contributed by atoms with Crippen LogP contribution in [0.5, 0.6) is 0 Å². The molecule has 2 rings (SSSR count). The van der Waals surface area contributed by atoms with Crippen molar-refractivity contribution in [3.63, 3.8) is 0 Å². The molecule has 0 aliphatic carbocycles. The number of carbonyl (C=O) groups excluding carboxylic acids is 1. The molecule has 116 valence electrons. The third-order valence-corrected chi connectivity index (χ3v) is 4.35. The number of rotatable bonds is 1. The van der Waals surface area contributed by atoms with Gasteiger partial charge in [-0.1, -0.05) is 32.9 Å². The second-order valence-corrected chi connectivity index (χ2v) is 7.47. The molecule has 0 bridgehead atoms. The minimum absolute atomic E-state index is 0.0770. The maximum Gasteiger partial charge on any atom is 0.253 e. The second-order valence-electron chi connectivity index (χ2n) is 7.47. The zero-order valence-corrected chi connectivity index (χ0v) is 13.6. The summed E-state index contributed by atoms with van der Waals surface area (Å²) in [6.45, 7) is 9.73. The zero-order valence-electron chi connectivity index (χ0n) is 13.6. The lowest BCUT2D eigenvalue weighted by atomic mass is 9.86. The average Bonchev–Trinajstić information content (AvgIpc) is 2.58. The summed E-state index contributed by atoms with van der Waals surface area (Å²) in [5.74, 6) is 0.0770. The smallest absolute Gasteiger partial charge is 0.253 e. The maximum absolute atomic E-state index is 12.6. The molecular formula is C18H27NO2. The lowest BCUT2D eigenvalue weighted by Crippen LogP contribution is -2.33. The number of carbonyl (C=O) groups is 1. The number of hydrogen-bond donors (Lipinski definition) is 1. The fourth-order valence-electron chi connectivity index (χ4n) is 2.76. The lowest BCUT2D eigenvalue weighted by molar-refractivity contribution is 0.0438. The molecule has 0 aromatic heterocycles. The van der Waals surface area contributed by atoms with Crippen molar-refractivity contribution in [2.75, 3.05) is 13.1 Å². The van der Waals surface area contributed by atoms with Crippen molar-refractivity contribution < 1.29 is 9.90 Å². The van der Waals surface area contributed by atoms with E-state index in [1.807, 2.05) is 36.1 Å². The summed E-state index contributed by atoms with van der Waals surface area (Å²) in [5.41, 5.74) is 1.44. The Kier molecular flexibility index (Phi) is 4.43. The van der Waals surface area contributed by atoms with Gasteiger partial charge in [0.2, 0.25) is 0 Å². The monoisotopic (exact) mass is 289 g/mol. The van der Waals surface area contributed by atoms with Crippen LogP contribution in [0.3, 0.4) is 0 Å². The second kappa shape index (κ2) is 5.80. The molecule has 21 heavy (non-hydrogen) atoms. The number of nitrogens with zero attached hydrogens (tertiary/aromatic N) is 1. The molecular weight excluding hydrogens is 262 g/mol. The minimum Gasteiger partial charge on any atom is -0.390 e. The van der Waals surface area contributed by atoms with E-state index >= 15 is 0 Å². The van der Waals surface area contributed by atoms with Gasteiger partial charge < -0.3 is 10.0 Å². The average molecular weight is 289 g/mol. The van der Waals surface area contributed by atoms with E-state index in [4.69, 9.17) is 0 Å². The van der Waals surface area contributed by atoms with Crippen molar-refractivity contribution in [3.05, 3.63) is 35.4 Å². The molecule has 1 heterocycles. The van der Waals surface area contributed by atoms with E-state index in [0.717, 1.165) is 24.9 Å². The summed E-state index contributed by atoms with van der Waals surface area (Å²) in [6.07, 6.45) is 2.28. The van der Waals surface area contributed by atoms with Crippen molar-refractivity contribution in [2.45, 2.75) is 58.0 Å². The molecule has 1 aliphatic heterocycles. The van der Waals surface area contributed by atoms with Crippen molar-refractivity contribution in [1.82, 2.24) is 4.90 Å². The summed E-state index contributed by atoms with van der Waals surface area (Å²) in [6, 6.07) is 7.93. The normalized spacial score (nSPS) is 23.8. The molecule has 1 aromatic carbocycles. The lowest BCUT2D eigenvalue weighted by Gasteiger charge is -2.23. The number of hydrogen-bond acceptors (Lipinski definition) is 2. The van der Waals surface area contributed by atoms with Crippen LogP contribution < -0.4 is 0 Å². The molecule has 1 fully saturated rings. The van der Waals surface area contributed by atoms with Crippen LogP contribution in [0.1, 0.15) is 62.9 Å². The Bertz CT molecular complexity index is 497. The molecule has 0 radical (unpaired) electrons. The van der Waals surface area contributed by atoms with Crippen LogP contribution in [-0.2, 0) is 5.41 Å². The fourth-order valence-corrected chi connectivity index (χ4v) is 2.76. The van der Waals surface area contributed by atoms with Gasteiger partial charge in [-0.2, -0.15) is 0 Å². The van der Waals surface area contributed by atoms with E-state index in [-0.39, 0.29) is 11.3 Å². The highest BCUT2D eigenvalue weighted by Crippen LogP contribution is 2.24. The summed E-state index contributed by atoms with van der Waals surface area (Å²) >= 11 is 0. The van der Waals surface area contributed by atoms with Gasteiger partial charge in [-0.3, -0.25) is 4.79 Å². The number of aliphatic hydroxyl groups is 1. The van der Waals surface area contributed by atoms with Crippen LogP contribution in [0.15, 0.2) is 24.3 Å². The zero-order chi connectivity index (χ0) is 15.7. The molecule has 1 atom stereocenters. The number of benzene rings is 1. The summed E-state index contributed by atoms with van der Waals surface area (Å²) in [5, 5.41) is 10.1. The first-order chi connectivity index (χ1) is 9.69. The Hall–Kier alpha value is -1.35. The van der Waals surface area contributed by atoms with E-state index < -0.39 is 5.60 Å². The van der Waals surface area contributed by atoms with Crippen molar-refractivity contribution >= 4 is 5.91 Å². The van der Waals surface area contributed by atoms with Gasteiger partial charge in [0, 0.05) is 18.7 Å². The predicted molar refractivity (Wildman–Crippen MR) is 85.5 cm³/mol. The van der Waals surface area contributed by atoms with Gasteiger partial charge >= 0.3 is 0 Å². The third-order valence-electron chi connectivity index (χ3n) is 4.35. The van der Waals surface area contributed by atoms with E-state index in [2.05, 4.69) is 20.8 Å². The van der Waals surface area contributed by atoms with Crippen molar-refractivity contribution in [1.29, 1.82) is 0 Å². The highest BCUT2D eigenvalue weighted by Gasteiger charge is 2.27. The summed E-state index contributed by atoms with van der Waals surface area (Å²) < 4.78 is 0. The SMILES string of the molecule is CC1(O)CCCN(C(=O)c2ccc(C(C)(C)C)cc2)CC1. The Labute approximate surface area is 128 Å². The van der Waals surface area contributed by atoms with Gasteiger partial charge in [-0.05, 0) is 49.3 Å². The largest absolute Gasteiger partial charge is 0.390 e. The van der Waals surface area contributed by atoms with Crippen LogP contribution in [-0.4, -0.2) is 34.6 Å². The van der Waals surface area contributed by atoms with Crippen molar-refractivity contribution in [2.24, 2.45) is 0 Å². The highest BCUT2D eigenvalue weighted by molar-refractivity contribution is 5.94. The topological polar surface area (TPSA) is 40.5 Å². The van der Waals surface area contributed by atoms with Crippen LogP contribution in [0, 0.1) is 0 Å². The van der Waals surface area contributed by atoms with E-state index in [1.54, 1.807) is 0 Å². The fraction of sp³-hybridized carbons (Fsp3) is 0.611. The molecule has 1 N–H and O–H groups in total. The van der Waals surface area contributed by atoms with Gasteiger partial charge in [0.25, 0.3) is 5.91 Å². The third kappa shape index (κ3) is 4.07. The number of amides is 1. The predicted octanol–water partition coefficient (Wildman–Crippen LogP) is 3.36. The Morgan fingerprint density at radius 2 is 1.76 bits per heavy atom. The van der Waals surface area contributed by atoms with Crippen molar-refractivity contribution in [3.8, 4) is 0 Å². The molecule has 1 unspecified atom stereocenters. The molecule has 1 saturated heterocycles. The first kappa shape index (κ1) is 16.0. The molecule has 1 aliphatic rings. The first-order valence-corrected chi connectivity index (χ1v) is 7.81. The first-order valence-electron chi connectivity index (χ1n) is 7.81. The molecule has 0 saturated carbocycles. The van der Waals surface area contributed by atoms with Gasteiger partial charge in [0.15, 0.2) is 0 Å². The summed E-state index contributed by atoms with van der Waals surface area (Å²) in [7, 11) is 0. The summed E-state index contributed by atoms with van der Waals surface area (Å²) in [4.78, 5) is 14.4. The maximum atomic E-state index is 12.6. The van der Waals surface area contributed by atoms with Gasteiger partial charge in [-0.25, -0.2) is 0 Å². The molecule has 1 amide bonds. The Morgan fingerprint density at radius 3 is 2.33 bits per heavy atom. The van der Waals surface area contributed by atoms with Gasteiger partial charge in [-0.15, -0.1) is 0 Å². The molecule has 0 spiro atoms. The van der Waals surface area contributed by atoms with E-state index in [1.165, 1.54) is 5.56 Å². The quantitative estimate of drug-likeness (QED) is 0.861. The Balaban J connectivity index is 2.09. The number of likely N-dealkylation sites (tertiary alicyclic amines) is 1. The standard InChI is InChI=1S/C18H27NO2/c1-17(2,3)15-8-6-14(7-9-15)16(20)19-12-5-10-18(4,21)11-13-19/h6-9,21H,5,10-13H2,1-4H3. The van der Waals surface area contributed by atoms with Crippen LogP contribution in [0.25, 0.3) is 0 Å². The van der Waals surface area contributed by atoms with Crippen LogP contribution in [0.4, 0.5) is 0 Å². The van der Waals surface area contributed by atoms with Crippen LogP contribution in [0.2, 0.25) is 0 Å². The highest BCUT2D eigenvalue weighted by atomic mass is 16.3. The Morgan fingerprint density at radius 1 is 1.14 bits per heavy atom. The minimum atomic E-state index is -0.634. The van der Waals surface area contributed by atoms with Crippen LogP contribution >= 0.6 is 0 Å². The van der Waals surface area contributed by atoms with Gasteiger partial charge in [0.05, 0.1) is 5.60 Å². The molecule has 3 nitrogen and oxygen atoms in total. The van der Waals surface area contributed by atoms with Gasteiger partial charge in [0.1, 0.15) is 0 Å². The molecule has 1 aromatic rings. The van der Waals surface area contributed by atoms with E-state index in [0.29, 0.717) is 13.0 Å². The van der Waals surface area contributed by atoms with E-state index in [9.17, 15) is 9.90 Å².